The summed E-state index contributed by atoms with van der Waals surface area (Å²) in [6.45, 7) is 1.37. The molecular weight excluding hydrogens is 399 g/mol. The lowest BCUT2D eigenvalue weighted by atomic mass is 10.3. The number of hydrogen-bond acceptors (Lipinski definition) is 5. The van der Waals surface area contributed by atoms with Gasteiger partial charge in [-0.15, -0.1) is 0 Å². The van der Waals surface area contributed by atoms with Gasteiger partial charge in [0.1, 0.15) is 5.82 Å². The monoisotopic (exact) mass is 416 g/mol. The maximum absolute atomic E-state index is 13.2. The van der Waals surface area contributed by atoms with Crippen molar-refractivity contribution in [2.75, 3.05) is 19.5 Å². The van der Waals surface area contributed by atoms with E-state index in [1.807, 2.05) is 0 Å². The normalized spacial score (nSPS) is 12.3. The number of hydrogen-bond donors (Lipinski definition) is 2. The summed E-state index contributed by atoms with van der Waals surface area (Å²) < 4.78 is 50.6. The number of anilines is 1. The summed E-state index contributed by atoms with van der Waals surface area (Å²) in [6, 6.07) is 6.58. The topological polar surface area (TPSA) is 93.7 Å². The van der Waals surface area contributed by atoms with Crippen LogP contribution in [0, 0.1) is 5.82 Å². The third-order valence-corrected chi connectivity index (χ3v) is 5.41. The zero-order valence-corrected chi connectivity index (χ0v) is 16.3. The number of sulfonamides is 1. The summed E-state index contributed by atoms with van der Waals surface area (Å²) in [4.78, 5) is 12.1. The molecule has 0 radical (unpaired) electrons. The molecule has 27 heavy (non-hydrogen) atoms. The van der Waals surface area contributed by atoms with Crippen molar-refractivity contribution in [3.8, 4) is 11.5 Å². The van der Waals surface area contributed by atoms with Crippen molar-refractivity contribution in [3.05, 3.63) is 47.2 Å². The number of benzene rings is 2. The highest BCUT2D eigenvalue weighted by molar-refractivity contribution is 7.89. The second-order valence-corrected chi connectivity index (χ2v) is 7.60. The molecule has 2 N–H and O–H groups in total. The molecule has 0 aliphatic heterocycles. The Bertz CT molecular complexity index is 952. The highest BCUT2D eigenvalue weighted by atomic mass is 35.5. The average Bonchev–Trinajstić information content (AvgIpc) is 2.63. The fourth-order valence-corrected chi connectivity index (χ4v) is 3.56. The first-order chi connectivity index (χ1) is 12.7. The first-order valence-corrected chi connectivity index (χ1v) is 9.54. The minimum atomic E-state index is -4.00. The summed E-state index contributed by atoms with van der Waals surface area (Å²) in [6.07, 6.45) is 0. The molecule has 10 heteroatoms. The molecule has 0 aromatic heterocycles. The molecule has 0 saturated heterocycles. The molecule has 0 fully saturated rings. The Kier molecular flexibility index (Phi) is 6.63. The van der Waals surface area contributed by atoms with Crippen LogP contribution in [0.3, 0.4) is 0 Å². The SMILES string of the molecule is COc1ccc(S(=O)(=O)N[C@H](C)C(=O)Nc2ccc(F)c(Cl)c2)cc1OC. The molecule has 0 spiro atoms. The van der Waals surface area contributed by atoms with Gasteiger partial charge >= 0.3 is 0 Å². The average molecular weight is 417 g/mol. The standard InChI is InChI=1S/C17H18ClFN2O5S/c1-10(17(22)20-11-4-6-14(19)13(18)8-11)21-27(23,24)12-5-7-15(25-2)16(9-12)26-3/h4-10,21H,1-3H3,(H,20,22)/t10-/m1/s1. The van der Waals surface area contributed by atoms with Gasteiger partial charge < -0.3 is 14.8 Å². The minimum absolute atomic E-state index is 0.0929. The zero-order valence-electron chi connectivity index (χ0n) is 14.7. The summed E-state index contributed by atoms with van der Waals surface area (Å²) in [5, 5.41) is 2.30. The number of nitrogens with one attached hydrogen (secondary N) is 2. The van der Waals surface area contributed by atoms with Gasteiger partial charge in [-0.25, -0.2) is 12.8 Å². The molecule has 0 bridgehead atoms. The van der Waals surface area contributed by atoms with Crippen LogP contribution in [0.15, 0.2) is 41.3 Å². The number of rotatable bonds is 7. The zero-order chi connectivity index (χ0) is 20.2. The summed E-state index contributed by atoms with van der Waals surface area (Å²) in [5.41, 5.74) is 0.239. The Hall–Kier alpha value is -2.36. The molecule has 0 saturated carbocycles. The van der Waals surface area contributed by atoms with E-state index in [2.05, 4.69) is 10.0 Å². The number of carbonyl (C=O) groups excluding carboxylic acids is 1. The van der Waals surface area contributed by atoms with Gasteiger partial charge in [-0.1, -0.05) is 11.6 Å². The lowest BCUT2D eigenvalue weighted by Crippen LogP contribution is -2.41. The van der Waals surface area contributed by atoms with E-state index in [4.69, 9.17) is 21.1 Å². The second-order valence-electron chi connectivity index (χ2n) is 5.48. The number of ether oxygens (including phenoxy) is 2. The number of methoxy groups -OCH3 is 2. The Morgan fingerprint density at radius 2 is 1.78 bits per heavy atom. The number of halogens is 2. The maximum atomic E-state index is 13.2. The summed E-state index contributed by atoms with van der Waals surface area (Å²) in [5.74, 6) is -0.660. The van der Waals surface area contributed by atoms with Crippen molar-refractivity contribution in [2.45, 2.75) is 17.9 Å². The van der Waals surface area contributed by atoms with Gasteiger partial charge in [-0.3, -0.25) is 4.79 Å². The van der Waals surface area contributed by atoms with Crippen LogP contribution < -0.4 is 19.5 Å². The van der Waals surface area contributed by atoms with Gasteiger partial charge in [-0.05, 0) is 37.3 Å². The van der Waals surface area contributed by atoms with E-state index >= 15 is 0 Å². The molecule has 2 aromatic carbocycles. The molecule has 0 aliphatic rings. The van der Waals surface area contributed by atoms with Crippen molar-refractivity contribution < 1.29 is 27.1 Å². The highest BCUT2D eigenvalue weighted by Gasteiger charge is 2.23. The molecule has 2 rings (SSSR count). The second kappa shape index (κ2) is 8.55. The smallest absolute Gasteiger partial charge is 0.242 e. The molecule has 1 amide bonds. The molecule has 2 aromatic rings. The highest BCUT2D eigenvalue weighted by Crippen LogP contribution is 2.29. The largest absolute Gasteiger partial charge is 0.493 e. The van der Waals surface area contributed by atoms with E-state index in [0.29, 0.717) is 5.75 Å². The van der Waals surface area contributed by atoms with Crippen LogP contribution in [0.2, 0.25) is 5.02 Å². The van der Waals surface area contributed by atoms with Crippen molar-refractivity contribution in [2.24, 2.45) is 0 Å². The summed E-state index contributed by atoms with van der Waals surface area (Å²) in [7, 11) is -1.19. The minimum Gasteiger partial charge on any atom is -0.493 e. The number of carbonyl (C=O) groups is 1. The van der Waals surface area contributed by atoms with Crippen LogP contribution in [0.5, 0.6) is 11.5 Å². The van der Waals surface area contributed by atoms with Crippen molar-refractivity contribution >= 4 is 33.2 Å². The predicted octanol–water partition coefficient (Wildman–Crippen LogP) is 2.80. The third kappa shape index (κ3) is 5.09. The Morgan fingerprint density at radius 3 is 2.37 bits per heavy atom. The first-order valence-electron chi connectivity index (χ1n) is 7.68. The van der Waals surface area contributed by atoms with Crippen LogP contribution in [-0.4, -0.2) is 34.6 Å². The fourth-order valence-electron chi connectivity index (χ4n) is 2.16. The van der Waals surface area contributed by atoms with Crippen molar-refractivity contribution in [1.29, 1.82) is 0 Å². The molecule has 146 valence electrons. The van der Waals surface area contributed by atoms with E-state index in [1.165, 1.54) is 51.5 Å². The van der Waals surface area contributed by atoms with E-state index in [9.17, 15) is 17.6 Å². The quantitative estimate of drug-likeness (QED) is 0.723. The van der Waals surface area contributed by atoms with Crippen molar-refractivity contribution in [3.63, 3.8) is 0 Å². The fraction of sp³-hybridized carbons (Fsp3) is 0.235. The molecule has 0 heterocycles. The molecule has 0 aliphatic carbocycles. The first kappa shape index (κ1) is 20.9. The Balaban J connectivity index is 2.14. The molecule has 7 nitrogen and oxygen atoms in total. The van der Waals surface area contributed by atoms with Crippen LogP contribution in [0.1, 0.15) is 6.92 Å². The summed E-state index contributed by atoms with van der Waals surface area (Å²) >= 11 is 5.66. The van der Waals surface area contributed by atoms with Gasteiger partial charge in [0, 0.05) is 11.8 Å². The predicted molar refractivity (Wildman–Crippen MR) is 99.4 cm³/mol. The van der Waals surface area contributed by atoms with Gasteiger partial charge in [0.2, 0.25) is 15.9 Å². The molecule has 0 unspecified atom stereocenters. The lowest BCUT2D eigenvalue weighted by molar-refractivity contribution is -0.117. The Labute approximate surface area is 161 Å². The van der Waals surface area contributed by atoms with Crippen LogP contribution in [-0.2, 0) is 14.8 Å². The molecule has 1 atom stereocenters. The lowest BCUT2D eigenvalue weighted by Gasteiger charge is -2.16. The van der Waals surface area contributed by atoms with E-state index in [0.717, 1.165) is 6.07 Å². The van der Waals surface area contributed by atoms with Crippen LogP contribution >= 0.6 is 11.6 Å². The van der Waals surface area contributed by atoms with Gasteiger partial charge in [0.25, 0.3) is 0 Å². The molecular formula is C17H18ClFN2O5S. The Morgan fingerprint density at radius 1 is 1.11 bits per heavy atom. The van der Waals surface area contributed by atoms with E-state index < -0.39 is 27.8 Å². The third-order valence-electron chi connectivity index (χ3n) is 3.58. The van der Waals surface area contributed by atoms with Gasteiger partial charge in [-0.2, -0.15) is 4.72 Å². The van der Waals surface area contributed by atoms with Gasteiger partial charge in [0.15, 0.2) is 11.5 Å². The van der Waals surface area contributed by atoms with Gasteiger partial charge in [0.05, 0.1) is 30.2 Å². The van der Waals surface area contributed by atoms with Crippen molar-refractivity contribution in [1.82, 2.24) is 4.72 Å². The van der Waals surface area contributed by atoms with Crippen LogP contribution in [0.4, 0.5) is 10.1 Å². The van der Waals surface area contributed by atoms with E-state index in [1.54, 1.807) is 0 Å². The van der Waals surface area contributed by atoms with Crippen LogP contribution in [0.25, 0.3) is 0 Å². The maximum Gasteiger partial charge on any atom is 0.242 e. The number of amides is 1. The van der Waals surface area contributed by atoms with E-state index in [-0.39, 0.29) is 21.4 Å².